The summed E-state index contributed by atoms with van der Waals surface area (Å²) in [7, 11) is 3.78. The number of amides is 3. The van der Waals surface area contributed by atoms with Crippen LogP contribution in [0.25, 0.3) is 0 Å². The number of para-hydroxylation sites is 2. The van der Waals surface area contributed by atoms with Gasteiger partial charge >= 0.3 is 6.03 Å². The fourth-order valence-corrected chi connectivity index (χ4v) is 2.99. The van der Waals surface area contributed by atoms with E-state index in [1.807, 2.05) is 58.0 Å². The quantitative estimate of drug-likeness (QED) is 0.696. The number of ether oxygens (including phenoxy) is 1. The van der Waals surface area contributed by atoms with Crippen LogP contribution >= 0.6 is 0 Å². The standard InChI is InChI=1S/C22H30N4O3/c1-6-26(7-2)21(27)17-15-16(13-14-19(17)25(4)5)23-22(28)24-18-11-9-10-12-20(18)29-8-3/h9-15H,6-8H2,1-5H3,(H2,23,24,28). The molecule has 0 bridgehead atoms. The highest BCUT2D eigenvalue weighted by Crippen LogP contribution is 2.26. The Morgan fingerprint density at radius 2 is 1.66 bits per heavy atom. The Balaban J connectivity index is 2.24. The van der Waals surface area contributed by atoms with E-state index in [0.29, 0.717) is 42.4 Å². The van der Waals surface area contributed by atoms with E-state index in [2.05, 4.69) is 10.6 Å². The topological polar surface area (TPSA) is 73.9 Å². The van der Waals surface area contributed by atoms with Crippen LogP contribution in [0.15, 0.2) is 42.5 Å². The van der Waals surface area contributed by atoms with Crippen LogP contribution in [-0.2, 0) is 0 Å². The number of carbonyl (C=O) groups is 2. The van der Waals surface area contributed by atoms with E-state index in [1.54, 1.807) is 29.2 Å². The van der Waals surface area contributed by atoms with Gasteiger partial charge in [-0.05, 0) is 51.1 Å². The van der Waals surface area contributed by atoms with Crippen LogP contribution in [0, 0.1) is 0 Å². The van der Waals surface area contributed by atoms with Crippen molar-refractivity contribution >= 4 is 29.0 Å². The monoisotopic (exact) mass is 398 g/mol. The molecule has 2 aromatic rings. The lowest BCUT2D eigenvalue weighted by Crippen LogP contribution is -2.32. The van der Waals surface area contributed by atoms with Crippen molar-refractivity contribution in [3.05, 3.63) is 48.0 Å². The van der Waals surface area contributed by atoms with Crippen LogP contribution in [-0.4, -0.2) is 50.6 Å². The second kappa shape index (κ2) is 10.4. The molecule has 0 saturated carbocycles. The fourth-order valence-electron chi connectivity index (χ4n) is 2.99. The Labute approximate surface area is 172 Å². The van der Waals surface area contributed by atoms with Gasteiger partial charge in [0.15, 0.2) is 0 Å². The van der Waals surface area contributed by atoms with Crippen LogP contribution in [0.4, 0.5) is 21.9 Å². The molecule has 2 aromatic carbocycles. The van der Waals surface area contributed by atoms with Crippen molar-refractivity contribution in [2.75, 3.05) is 49.3 Å². The van der Waals surface area contributed by atoms with E-state index >= 15 is 0 Å². The van der Waals surface area contributed by atoms with Crippen molar-refractivity contribution in [3.8, 4) is 5.75 Å². The van der Waals surface area contributed by atoms with Gasteiger partial charge < -0.3 is 25.2 Å². The number of hydrogen-bond donors (Lipinski definition) is 2. The molecule has 156 valence electrons. The first-order chi connectivity index (χ1) is 13.9. The van der Waals surface area contributed by atoms with Crippen LogP contribution in [0.2, 0.25) is 0 Å². The molecule has 0 aromatic heterocycles. The molecule has 0 aliphatic carbocycles. The molecule has 0 fully saturated rings. The molecule has 2 rings (SSSR count). The number of carbonyl (C=O) groups excluding carboxylic acids is 2. The summed E-state index contributed by atoms with van der Waals surface area (Å²) in [5.41, 5.74) is 2.47. The molecule has 0 unspecified atom stereocenters. The summed E-state index contributed by atoms with van der Waals surface area (Å²) in [6, 6.07) is 12.2. The molecular weight excluding hydrogens is 368 g/mol. The van der Waals surface area contributed by atoms with E-state index in [1.165, 1.54) is 0 Å². The van der Waals surface area contributed by atoms with Gasteiger partial charge in [-0.15, -0.1) is 0 Å². The normalized spacial score (nSPS) is 10.2. The first kappa shape index (κ1) is 22.1. The first-order valence-electron chi connectivity index (χ1n) is 9.81. The third kappa shape index (κ3) is 5.63. The van der Waals surface area contributed by atoms with Gasteiger partial charge in [0.05, 0.1) is 17.9 Å². The number of nitrogens with zero attached hydrogens (tertiary/aromatic N) is 2. The van der Waals surface area contributed by atoms with Crippen molar-refractivity contribution in [1.29, 1.82) is 0 Å². The second-order valence-corrected chi connectivity index (χ2v) is 6.61. The zero-order valence-corrected chi connectivity index (χ0v) is 17.8. The third-order valence-electron chi connectivity index (χ3n) is 4.45. The maximum absolute atomic E-state index is 12.9. The van der Waals surface area contributed by atoms with Gasteiger partial charge in [0.25, 0.3) is 5.91 Å². The van der Waals surface area contributed by atoms with Gasteiger partial charge in [0.2, 0.25) is 0 Å². The highest BCUT2D eigenvalue weighted by atomic mass is 16.5. The molecule has 0 aliphatic rings. The van der Waals surface area contributed by atoms with Gasteiger partial charge in [-0.25, -0.2) is 4.79 Å². The maximum Gasteiger partial charge on any atom is 0.323 e. The second-order valence-electron chi connectivity index (χ2n) is 6.61. The number of benzene rings is 2. The minimum Gasteiger partial charge on any atom is -0.492 e. The Bertz CT molecular complexity index is 848. The molecule has 7 nitrogen and oxygen atoms in total. The lowest BCUT2D eigenvalue weighted by atomic mass is 10.1. The zero-order chi connectivity index (χ0) is 21.4. The van der Waals surface area contributed by atoms with Gasteiger partial charge in [-0.1, -0.05) is 12.1 Å². The molecule has 7 heteroatoms. The number of rotatable bonds is 8. The molecular formula is C22H30N4O3. The molecule has 0 aliphatic heterocycles. The molecule has 2 N–H and O–H groups in total. The van der Waals surface area contributed by atoms with Gasteiger partial charge in [-0.2, -0.15) is 0 Å². The highest BCUT2D eigenvalue weighted by molar-refractivity contribution is 6.04. The Kier molecular flexibility index (Phi) is 7.88. The van der Waals surface area contributed by atoms with Crippen LogP contribution in [0.3, 0.4) is 0 Å². The maximum atomic E-state index is 12.9. The van der Waals surface area contributed by atoms with Crippen LogP contribution < -0.4 is 20.3 Å². The highest BCUT2D eigenvalue weighted by Gasteiger charge is 2.19. The lowest BCUT2D eigenvalue weighted by Gasteiger charge is -2.23. The van der Waals surface area contributed by atoms with Gasteiger partial charge in [0, 0.05) is 38.6 Å². The Hall–Kier alpha value is -3.22. The summed E-state index contributed by atoms with van der Waals surface area (Å²) in [6.07, 6.45) is 0. The van der Waals surface area contributed by atoms with E-state index < -0.39 is 6.03 Å². The molecule has 0 atom stereocenters. The molecule has 29 heavy (non-hydrogen) atoms. The van der Waals surface area contributed by atoms with Gasteiger partial charge in [0.1, 0.15) is 5.75 Å². The first-order valence-corrected chi connectivity index (χ1v) is 9.81. The minimum absolute atomic E-state index is 0.0653. The fraction of sp³-hybridized carbons (Fsp3) is 0.364. The number of anilines is 3. The average molecular weight is 399 g/mol. The number of urea groups is 1. The largest absolute Gasteiger partial charge is 0.492 e. The van der Waals surface area contributed by atoms with Crippen molar-refractivity contribution in [1.82, 2.24) is 4.90 Å². The predicted octanol–water partition coefficient (Wildman–Crippen LogP) is 4.28. The summed E-state index contributed by atoms with van der Waals surface area (Å²) < 4.78 is 5.53. The van der Waals surface area contributed by atoms with E-state index in [4.69, 9.17) is 4.74 Å². The smallest absolute Gasteiger partial charge is 0.323 e. The molecule has 0 radical (unpaired) electrons. The van der Waals surface area contributed by atoms with E-state index in [0.717, 1.165) is 5.69 Å². The molecule has 3 amide bonds. The van der Waals surface area contributed by atoms with Crippen molar-refractivity contribution in [3.63, 3.8) is 0 Å². The van der Waals surface area contributed by atoms with E-state index in [9.17, 15) is 9.59 Å². The SMILES string of the molecule is CCOc1ccccc1NC(=O)Nc1ccc(N(C)C)c(C(=O)N(CC)CC)c1. The van der Waals surface area contributed by atoms with Crippen LogP contribution in [0.1, 0.15) is 31.1 Å². The molecule has 0 saturated heterocycles. The zero-order valence-electron chi connectivity index (χ0n) is 17.8. The molecule has 0 heterocycles. The Morgan fingerprint density at radius 3 is 2.28 bits per heavy atom. The lowest BCUT2D eigenvalue weighted by molar-refractivity contribution is 0.0773. The summed E-state index contributed by atoms with van der Waals surface area (Å²) >= 11 is 0. The van der Waals surface area contributed by atoms with E-state index in [-0.39, 0.29) is 5.91 Å². The summed E-state index contributed by atoms with van der Waals surface area (Å²) in [5.74, 6) is 0.537. The predicted molar refractivity (Wildman–Crippen MR) is 118 cm³/mol. The molecule has 0 spiro atoms. The summed E-state index contributed by atoms with van der Waals surface area (Å²) in [4.78, 5) is 29.1. The van der Waals surface area contributed by atoms with Crippen LogP contribution in [0.5, 0.6) is 5.75 Å². The number of nitrogens with one attached hydrogen (secondary N) is 2. The van der Waals surface area contributed by atoms with Crippen molar-refractivity contribution in [2.45, 2.75) is 20.8 Å². The summed E-state index contributed by atoms with van der Waals surface area (Å²) in [5, 5.41) is 5.60. The van der Waals surface area contributed by atoms with Crippen molar-refractivity contribution < 1.29 is 14.3 Å². The van der Waals surface area contributed by atoms with Gasteiger partial charge in [-0.3, -0.25) is 4.79 Å². The minimum atomic E-state index is -0.406. The number of hydrogen-bond acceptors (Lipinski definition) is 4. The van der Waals surface area contributed by atoms with Crippen molar-refractivity contribution in [2.24, 2.45) is 0 Å². The Morgan fingerprint density at radius 1 is 0.966 bits per heavy atom. The summed E-state index contributed by atoms with van der Waals surface area (Å²) in [6.45, 7) is 7.52. The third-order valence-corrected chi connectivity index (χ3v) is 4.45. The average Bonchev–Trinajstić information content (AvgIpc) is 2.70.